The zero-order chi connectivity index (χ0) is 18.5. The molecule has 26 heavy (non-hydrogen) atoms. The number of nitrogens with zero attached hydrogens (tertiary/aromatic N) is 3. The Morgan fingerprint density at radius 1 is 0.962 bits per heavy atom. The van der Waals surface area contributed by atoms with Gasteiger partial charge in [0, 0.05) is 18.4 Å². The zero-order valence-corrected chi connectivity index (χ0v) is 16.3. The average Bonchev–Trinajstić information content (AvgIpc) is 2.99. The SMILES string of the molecule is COc1ccc(-c2nnc(SCCOc3cc(C)cc(C)c3)n2C)cc1. The van der Waals surface area contributed by atoms with Crippen LogP contribution in [0.15, 0.2) is 47.6 Å². The van der Waals surface area contributed by atoms with Gasteiger partial charge in [-0.2, -0.15) is 0 Å². The minimum Gasteiger partial charge on any atom is -0.497 e. The van der Waals surface area contributed by atoms with Crippen LogP contribution in [0.3, 0.4) is 0 Å². The molecule has 0 atom stereocenters. The lowest BCUT2D eigenvalue weighted by Gasteiger charge is -2.08. The summed E-state index contributed by atoms with van der Waals surface area (Å²) in [6.45, 7) is 4.78. The summed E-state index contributed by atoms with van der Waals surface area (Å²) in [7, 11) is 3.64. The Morgan fingerprint density at radius 3 is 2.31 bits per heavy atom. The molecule has 0 aliphatic carbocycles. The number of thioether (sulfide) groups is 1. The summed E-state index contributed by atoms with van der Waals surface area (Å²) >= 11 is 1.64. The van der Waals surface area contributed by atoms with Gasteiger partial charge < -0.3 is 14.0 Å². The lowest BCUT2D eigenvalue weighted by atomic mass is 10.1. The van der Waals surface area contributed by atoms with Crippen LogP contribution in [0.2, 0.25) is 0 Å². The first-order valence-electron chi connectivity index (χ1n) is 8.44. The molecule has 1 heterocycles. The second-order valence-corrected chi connectivity index (χ2v) is 7.18. The number of hydrogen-bond donors (Lipinski definition) is 0. The molecule has 0 aliphatic rings. The van der Waals surface area contributed by atoms with Gasteiger partial charge in [0.25, 0.3) is 0 Å². The third-order valence-corrected chi connectivity index (χ3v) is 4.95. The molecule has 0 N–H and O–H groups in total. The Morgan fingerprint density at radius 2 is 1.65 bits per heavy atom. The summed E-state index contributed by atoms with van der Waals surface area (Å²) in [5, 5.41) is 9.48. The molecule has 0 fully saturated rings. The standard InChI is InChI=1S/C20H23N3O2S/c1-14-11-15(2)13-18(12-14)25-9-10-26-20-22-21-19(23(20)3)16-5-7-17(24-4)8-6-16/h5-8,11-13H,9-10H2,1-4H3. The molecule has 0 amide bonds. The molecule has 0 unspecified atom stereocenters. The Hall–Kier alpha value is -2.47. The van der Waals surface area contributed by atoms with Crippen molar-refractivity contribution in [3.8, 4) is 22.9 Å². The fraction of sp³-hybridized carbons (Fsp3) is 0.300. The van der Waals surface area contributed by atoms with E-state index in [0.717, 1.165) is 33.8 Å². The first kappa shape index (κ1) is 18.3. The molecule has 0 bridgehead atoms. The van der Waals surface area contributed by atoms with E-state index in [-0.39, 0.29) is 0 Å². The van der Waals surface area contributed by atoms with Crippen LogP contribution in [-0.4, -0.2) is 34.2 Å². The average molecular weight is 369 g/mol. The van der Waals surface area contributed by atoms with Crippen molar-refractivity contribution >= 4 is 11.8 Å². The van der Waals surface area contributed by atoms with E-state index in [0.29, 0.717) is 6.61 Å². The van der Waals surface area contributed by atoms with Crippen molar-refractivity contribution in [1.82, 2.24) is 14.8 Å². The molecule has 0 radical (unpaired) electrons. The number of aromatic nitrogens is 3. The molecule has 0 saturated carbocycles. The van der Waals surface area contributed by atoms with Crippen LogP contribution in [0.1, 0.15) is 11.1 Å². The summed E-state index contributed by atoms with van der Waals surface area (Å²) in [5.41, 5.74) is 3.44. The predicted octanol–water partition coefficient (Wildman–Crippen LogP) is 4.28. The lowest BCUT2D eigenvalue weighted by molar-refractivity contribution is 0.343. The third-order valence-electron chi connectivity index (χ3n) is 3.96. The fourth-order valence-electron chi connectivity index (χ4n) is 2.74. The molecule has 1 aromatic heterocycles. The summed E-state index contributed by atoms with van der Waals surface area (Å²) < 4.78 is 13.1. The zero-order valence-electron chi connectivity index (χ0n) is 15.5. The van der Waals surface area contributed by atoms with Gasteiger partial charge in [-0.15, -0.1) is 10.2 Å². The van der Waals surface area contributed by atoms with Gasteiger partial charge in [-0.3, -0.25) is 0 Å². The van der Waals surface area contributed by atoms with Crippen molar-refractivity contribution in [1.29, 1.82) is 0 Å². The van der Waals surface area contributed by atoms with E-state index in [1.165, 1.54) is 11.1 Å². The van der Waals surface area contributed by atoms with Gasteiger partial charge >= 0.3 is 0 Å². The van der Waals surface area contributed by atoms with Crippen LogP contribution in [0.4, 0.5) is 0 Å². The third kappa shape index (κ3) is 4.38. The Balaban J connectivity index is 1.58. The van der Waals surface area contributed by atoms with Gasteiger partial charge in [-0.1, -0.05) is 17.8 Å². The topological polar surface area (TPSA) is 49.2 Å². The summed E-state index contributed by atoms with van der Waals surface area (Å²) in [6, 6.07) is 14.1. The van der Waals surface area contributed by atoms with Crippen LogP contribution in [0.25, 0.3) is 11.4 Å². The molecule has 3 aromatic rings. The van der Waals surface area contributed by atoms with E-state index >= 15 is 0 Å². The largest absolute Gasteiger partial charge is 0.497 e. The molecular weight excluding hydrogens is 346 g/mol. The van der Waals surface area contributed by atoms with Crippen molar-refractivity contribution in [2.45, 2.75) is 19.0 Å². The minimum atomic E-state index is 0.623. The van der Waals surface area contributed by atoms with Gasteiger partial charge in [0.15, 0.2) is 11.0 Å². The molecular formula is C20H23N3O2S. The highest BCUT2D eigenvalue weighted by Crippen LogP contribution is 2.24. The normalized spacial score (nSPS) is 10.8. The van der Waals surface area contributed by atoms with E-state index in [1.807, 2.05) is 35.9 Å². The first-order valence-corrected chi connectivity index (χ1v) is 9.43. The highest BCUT2D eigenvalue weighted by molar-refractivity contribution is 7.99. The summed E-state index contributed by atoms with van der Waals surface area (Å²) in [6.07, 6.45) is 0. The summed E-state index contributed by atoms with van der Waals surface area (Å²) in [5.74, 6) is 3.39. The number of hydrogen-bond acceptors (Lipinski definition) is 5. The van der Waals surface area contributed by atoms with Crippen LogP contribution >= 0.6 is 11.8 Å². The molecule has 0 aliphatic heterocycles. The van der Waals surface area contributed by atoms with Crippen molar-refractivity contribution < 1.29 is 9.47 Å². The van der Waals surface area contributed by atoms with Gasteiger partial charge in [0.1, 0.15) is 11.5 Å². The van der Waals surface area contributed by atoms with E-state index in [2.05, 4.69) is 42.2 Å². The second-order valence-electron chi connectivity index (χ2n) is 6.11. The lowest BCUT2D eigenvalue weighted by Crippen LogP contribution is -2.02. The smallest absolute Gasteiger partial charge is 0.191 e. The monoisotopic (exact) mass is 369 g/mol. The Kier molecular flexibility index (Phi) is 5.83. The van der Waals surface area contributed by atoms with Crippen molar-refractivity contribution in [2.24, 2.45) is 7.05 Å². The number of benzene rings is 2. The quantitative estimate of drug-likeness (QED) is 0.460. The number of ether oxygens (including phenoxy) is 2. The number of methoxy groups -OCH3 is 1. The van der Waals surface area contributed by atoms with Crippen molar-refractivity contribution in [3.05, 3.63) is 53.6 Å². The van der Waals surface area contributed by atoms with E-state index in [1.54, 1.807) is 18.9 Å². The van der Waals surface area contributed by atoms with Crippen LogP contribution in [-0.2, 0) is 7.05 Å². The molecule has 0 spiro atoms. The Labute approximate surface area is 158 Å². The second kappa shape index (κ2) is 8.27. The molecule has 5 nitrogen and oxygen atoms in total. The number of aryl methyl sites for hydroxylation is 2. The maximum atomic E-state index is 5.85. The van der Waals surface area contributed by atoms with Gasteiger partial charge in [0.2, 0.25) is 0 Å². The number of rotatable bonds is 7. The van der Waals surface area contributed by atoms with Gasteiger partial charge in [-0.05, 0) is 61.4 Å². The highest BCUT2D eigenvalue weighted by Gasteiger charge is 2.11. The maximum Gasteiger partial charge on any atom is 0.191 e. The summed E-state index contributed by atoms with van der Waals surface area (Å²) in [4.78, 5) is 0. The van der Waals surface area contributed by atoms with Crippen LogP contribution < -0.4 is 9.47 Å². The molecule has 0 saturated heterocycles. The molecule has 2 aromatic carbocycles. The van der Waals surface area contributed by atoms with E-state index in [9.17, 15) is 0 Å². The molecule has 136 valence electrons. The van der Waals surface area contributed by atoms with Gasteiger partial charge in [-0.25, -0.2) is 0 Å². The van der Waals surface area contributed by atoms with Gasteiger partial charge in [0.05, 0.1) is 13.7 Å². The van der Waals surface area contributed by atoms with E-state index < -0.39 is 0 Å². The molecule has 6 heteroatoms. The van der Waals surface area contributed by atoms with E-state index in [4.69, 9.17) is 9.47 Å². The molecule has 3 rings (SSSR count). The Bertz CT molecular complexity index is 855. The predicted molar refractivity (Wildman–Crippen MR) is 105 cm³/mol. The maximum absolute atomic E-state index is 5.85. The fourth-order valence-corrected chi connectivity index (χ4v) is 3.47. The first-order chi connectivity index (χ1) is 12.6. The van der Waals surface area contributed by atoms with Crippen LogP contribution in [0, 0.1) is 13.8 Å². The minimum absolute atomic E-state index is 0.623. The van der Waals surface area contributed by atoms with Crippen molar-refractivity contribution in [2.75, 3.05) is 19.5 Å². The van der Waals surface area contributed by atoms with Crippen LogP contribution in [0.5, 0.6) is 11.5 Å². The van der Waals surface area contributed by atoms with Crippen molar-refractivity contribution in [3.63, 3.8) is 0 Å². The highest BCUT2D eigenvalue weighted by atomic mass is 32.2.